The number of ether oxygens (including phenoxy) is 1. The topological polar surface area (TPSA) is 96.5 Å². The van der Waals surface area contributed by atoms with Crippen LogP contribution in [0.5, 0.6) is 0 Å². The first-order chi connectivity index (χ1) is 9.10. The average Bonchev–Trinajstić information content (AvgIpc) is 2.59. The molecule has 4 amide bonds. The first-order valence-electron chi connectivity index (χ1n) is 6.71. The van der Waals surface area contributed by atoms with Crippen molar-refractivity contribution in [1.82, 2.24) is 16.0 Å². The van der Waals surface area contributed by atoms with Gasteiger partial charge < -0.3 is 15.4 Å². The van der Waals surface area contributed by atoms with E-state index in [9.17, 15) is 14.4 Å². The highest BCUT2D eigenvalue weighted by atomic mass is 16.6. The first kappa shape index (κ1) is 16.3. The van der Waals surface area contributed by atoms with E-state index in [1.807, 2.05) is 13.8 Å². The number of nitrogens with one attached hydrogen (secondary N) is 3. The standard InChI is InChI=1S/C13H23N3O4/c1-6-8(2)13(9(17)15-10(18)16-13)7-14-11(19)20-12(3,4)5/h8H,6-7H2,1-5H3,(H,14,19)(H2,15,16,17,18). The third kappa shape index (κ3) is 3.61. The van der Waals surface area contributed by atoms with Gasteiger partial charge in [0.05, 0.1) is 6.54 Å². The highest BCUT2D eigenvalue weighted by Crippen LogP contribution is 2.23. The van der Waals surface area contributed by atoms with Crippen molar-refractivity contribution in [3.63, 3.8) is 0 Å². The minimum atomic E-state index is -1.12. The molecule has 0 saturated carbocycles. The zero-order valence-corrected chi connectivity index (χ0v) is 12.6. The van der Waals surface area contributed by atoms with E-state index in [-0.39, 0.29) is 12.5 Å². The summed E-state index contributed by atoms with van der Waals surface area (Å²) in [6.07, 6.45) is 0.0677. The molecule has 0 aliphatic carbocycles. The first-order valence-corrected chi connectivity index (χ1v) is 6.71. The minimum Gasteiger partial charge on any atom is -0.444 e. The summed E-state index contributed by atoms with van der Waals surface area (Å²) in [7, 11) is 0. The van der Waals surface area contributed by atoms with Crippen molar-refractivity contribution in [1.29, 1.82) is 0 Å². The molecule has 1 rings (SSSR count). The van der Waals surface area contributed by atoms with Gasteiger partial charge in [-0.25, -0.2) is 9.59 Å². The molecule has 1 saturated heterocycles. The maximum atomic E-state index is 12.0. The van der Waals surface area contributed by atoms with Crippen LogP contribution in [0.2, 0.25) is 0 Å². The van der Waals surface area contributed by atoms with Gasteiger partial charge in [0.25, 0.3) is 5.91 Å². The molecule has 0 radical (unpaired) electrons. The molecule has 1 aliphatic heterocycles. The minimum absolute atomic E-state index is 0.00546. The van der Waals surface area contributed by atoms with Gasteiger partial charge in [0.2, 0.25) is 0 Å². The van der Waals surface area contributed by atoms with E-state index in [4.69, 9.17) is 4.74 Å². The Labute approximate surface area is 118 Å². The molecule has 3 N–H and O–H groups in total. The molecule has 114 valence electrons. The molecule has 7 nitrogen and oxygen atoms in total. The number of hydrogen-bond donors (Lipinski definition) is 3. The van der Waals surface area contributed by atoms with Gasteiger partial charge in [-0.05, 0) is 26.7 Å². The van der Waals surface area contributed by atoms with Crippen LogP contribution in [0, 0.1) is 5.92 Å². The summed E-state index contributed by atoms with van der Waals surface area (Å²) in [4.78, 5) is 35.1. The SMILES string of the molecule is CCC(C)C1(CNC(=O)OC(C)(C)C)NC(=O)NC1=O. The normalized spacial score (nSPS) is 23.9. The van der Waals surface area contributed by atoms with Crippen molar-refractivity contribution < 1.29 is 19.1 Å². The second kappa shape index (κ2) is 5.68. The maximum absolute atomic E-state index is 12.0. The van der Waals surface area contributed by atoms with E-state index in [0.717, 1.165) is 0 Å². The molecule has 7 heteroatoms. The Balaban J connectivity index is 2.76. The summed E-state index contributed by atoms with van der Waals surface area (Å²) in [5.74, 6) is -0.545. The van der Waals surface area contributed by atoms with Gasteiger partial charge in [0.15, 0.2) is 0 Å². The Morgan fingerprint density at radius 3 is 2.40 bits per heavy atom. The van der Waals surface area contributed by atoms with Crippen LogP contribution in [0.15, 0.2) is 0 Å². The fourth-order valence-electron chi connectivity index (χ4n) is 2.03. The number of hydrogen-bond acceptors (Lipinski definition) is 4. The van der Waals surface area contributed by atoms with E-state index < -0.39 is 29.2 Å². The van der Waals surface area contributed by atoms with Gasteiger partial charge in [-0.15, -0.1) is 0 Å². The largest absolute Gasteiger partial charge is 0.444 e. The predicted molar refractivity (Wildman–Crippen MR) is 73.1 cm³/mol. The molecule has 0 spiro atoms. The lowest BCUT2D eigenvalue weighted by Crippen LogP contribution is -2.59. The number of imide groups is 1. The quantitative estimate of drug-likeness (QED) is 0.675. The Hall–Kier alpha value is -1.79. The number of carbonyl (C=O) groups is 3. The van der Waals surface area contributed by atoms with Crippen LogP contribution >= 0.6 is 0 Å². The lowest BCUT2D eigenvalue weighted by Gasteiger charge is -2.32. The summed E-state index contributed by atoms with van der Waals surface area (Å²) in [6.45, 7) is 9.01. The Bertz CT molecular complexity index is 416. The monoisotopic (exact) mass is 285 g/mol. The molecule has 0 bridgehead atoms. The number of carbonyl (C=O) groups excluding carboxylic acids is 3. The zero-order valence-electron chi connectivity index (χ0n) is 12.6. The second-order valence-electron chi connectivity index (χ2n) is 6.04. The Morgan fingerprint density at radius 1 is 1.40 bits per heavy atom. The average molecular weight is 285 g/mol. The summed E-state index contributed by atoms with van der Waals surface area (Å²) in [5.41, 5.74) is -1.74. The summed E-state index contributed by atoms with van der Waals surface area (Å²) in [5, 5.41) is 7.38. The van der Waals surface area contributed by atoms with Gasteiger partial charge in [0, 0.05) is 0 Å². The molecular formula is C13H23N3O4. The molecule has 1 heterocycles. The Morgan fingerprint density at radius 2 is 2.00 bits per heavy atom. The number of alkyl carbamates (subject to hydrolysis) is 1. The molecule has 1 fully saturated rings. The molecule has 2 unspecified atom stereocenters. The third-order valence-corrected chi connectivity index (χ3v) is 3.33. The molecule has 0 aromatic heterocycles. The molecular weight excluding hydrogens is 262 g/mol. The van der Waals surface area contributed by atoms with Crippen molar-refractivity contribution in [3.05, 3.63) is 0 Å². The van der Waals surface area contributed by atoms with Crippen molar-refractivity contribution in [2.75, 3.05) is 6.54 Å². The van der Waals surface area contributed by atoms with Gasteiger partial charge in [-0.1, -0.05) is 20.3 Å². The van der Waals surface area contributed by atoms with Crippen molar-refractivity contribution in [3.8, 4) is 0 Å². The number of rotatable bonds is 4. The van der Waals surface area contributed by atoms with Gasteiger partial charge >= 0.3 is 12.1 Å². The van der Waals surface area contributed by atoms with Crippen LogP contribution in [-0.2, 0) is 9.53 Å². The van der Waals surface area contributed by atoms with Crippen LogP contribution in [0.4, 0.5) is 9.59 Å². The lowest BCUT2D eigenvalue weighted by atomic mass is 9.83. The van der Waals surface area contributed by atoms with Crippen molar-refractivity contribution in [2.45, 2.75) is 52.2 Å². The fourth-order valence-corrected chi connectivity index (χ4v) is 2.03. The van der Waals surface area contributed by atoms with E-state index in [1.54, 1.807) is 20.8 Å². The van der Waals surface area contributed by atoms with Gasteiger partial charge in [-0.3, -0.25) is 10.1 Å². The van der Waals surface area contributed by atoms with Gasteiger partial charge in [0.1, 0.15) is 11.1 Å². The van der Waals surface area contributed by atoms with E-state index in [0.29, 0.717) is 6.42 Å². The van der Waals surface area contributed by atoms with E-state index >= 15 is 0 Å². The fraction of sp³-hybridized carbons (Fsp3) is 0.769. The van der Waals surface area contributed by atoms with E-state index in [1.165, 1.54) is 0 Å². The highest BCUT2D eigenvalue weighted by Gasteiger charge is 2.49. The van der Waals surface area contributed by atoms with Crippen LogP contribution in [0.1, 0.15) is 41.0 Å². The third-order valence-electron chi connectivity index (χ3n) is 3.33. The molecule has 2 atom stereocenters. The van der Waals surface area contributed by atoms with Crippen LogP contribution in [0.3, 0.4) is 0 Å². The maximum Gasteiger partial charge on any atom is 0.407 e. The molecule has 0 aromatic carbocycles. The molecule has 0 aromatic rings. The molecule has 20 heavy (non-hydrogen) atoms. The van der Waals surface area contributed by atoms with E-state index in [2.05, 4.69) is 16.0 Å². The second-order valence-corrected chi connectivity index (χ2v) is 6.04. The summed E-state index contributed by atoms with van der Waals surface area (Å²) < 4.78 is 5.12. The van der Waals surface area contributed by atoms with Gasteiger partial charge in [-0.2, -0.15) is 0 Å². The smallest absolute Gasteiger partial charge is 0.407 e. The lowest BCUT2D eigenvalue weighted by molar-refractivity contribution is -0.125. The molecule has 1 aliphatic rings. The zero-order chi connectivity index (χ0) is 15.6. The van der Waals surface area contributed by atoms with Crippen molar-refractivity contribution >= 4 is 18.0 Å². The van der Waals surface area contributed by atoms with Crippen LogP contribution < -0.4 is 16.0 Å². The number of urea groups is 1. The Kier molecular flexibility index (Phi) is 4.62. The van der Waals surface area contributed by atoms with Crippen LogP contribution in [-0.4, -0.2) is 35.7 Å². The summed E-state index contributed by atoms with van der Waals surface area (Å²) in [6, 6.07) is -0.540. The van der Waals surface area contributed by atoms with Crippen LogP contribution in [0.25, 0.3) is 0 Å². The predicted octanol–water partition coefficient (Wildman–Crippen LogP) is 1.14. The summed E-state index contributed by atoms with van der Waals surface area (Å²) >= 11 is 0. The van der Waals surface area contributed by atoms with Crippen molar-refractivity contribution in [2.24, 2.45) is 5.92 Å². The highest BCUT2D eigenvalue weighted by molar-refractivity contribution is 6.07. The number of amides is 4.